The Morgan fingerprint density at radius 2 is 2.17 bits per heavy atom. The fraction of sp³-hybridized carbons (Fsp3) is 0.500. The average Bonchev–Trinajstić information content (AvgIpc) is 2.66. The minimum Gasteiger partial charge on any atom is -0.376 e. The number of carbonyl (C=O) groups excluding carboxylic acids is 2. The van der Waals surface area contributed by atoms with Crippen LogP contribution in [0.5, 0.6) is 0 Å². The minimum absolute atomic E-state index is 0.114. The molecule has 5 nitrogen and oxygen atoms in total. The topological polar surface area (TPSA) is 81.4 Å². The number of hydrogen-bond acceptors (Lipinski definition) is 4. The van der Waals surface area contributed by atoms with Crippen molar-refractivity contribution in [2.75, 3.05) is 11.9 Å². The summed E-state index contributed by atoms with van der Waals surface area (Å²) in [4.78, 5) is 24.2. The van der Waals surface area contributed by atoms with E-state index in [4.69, 9.17) is 10.5 Å². The number of anilines is 1. The molecular weight excluding hydrogens is 252 g/mol. The summed E-state index contributed by atoms with van der Waals surface area (Å²) in [6.07, 6.45) is 0.668. The van der Waals surface area contributed by atoms with Crippen LogP contribution in [0.4, 0.5) is 5.00 Å². The van der Waals surface area contributed by atoms with Gasteiger partial charge in [-0.05, 0) is 12.0 Å². The van der Waals surface area contributed by atoms with Crippen molar-refractivity contribution in [2.24, 2.45) is 11.7 Å². The van der Waals surface area contributed by atoms with Crippen molar-refractivity contribution in [1.82, 2.24) is 0 Å². The lowest BCUT2D eigenvalue weighted by Crippen LogP contribution is -2.21. The Morgan fingerprint density at radius 3 is 2.78 bits per heavy atom. The lowest BCUT2D eigenvalue weighted by Gasteiger charge is -2.12. The van der Waals surface area contributed by atoms with Crippen LogP contribution in [-0.2, 0) is 22.6 Å². The molecule has 2 rings (SSSR count). The molecule has 0 aromatic carbocycles. The zero-order chi connectivity index (χ0) is 13.3. The molecule has 98 valence electrons. The van der Waals surface area contributed by atoms with Crippen molar-refractivity contribution in [3.05, 3.63) is 16.0 Å². The highest BCUT2D eigenvalue weighted by Crippen LogP contribution is 2.36. The number of fused-ring (bicyclic) bond motifs is 1. The third kappa shape index (κ3) is 2.39. The van der Waals surface area contributed by atoms with Gasteiger partial charge in [-0.3, -0.25) is 9.59 Å². The van der Waals surface area contributed by atoms with Crippen molar-refractivity contribution in [3.63, 3.8) is 0 Å². The summed E-state index contributed by atoms with van der Waals surface area (Å²) in [6, 6.07) is 0. The van der Waals surface area contributed by atoms with Crippen molar-refractivity contribution < 1.29 is 14.3 Å². The Hall–Kier alpha value is -1.40. The number of carbonyl (C=O) groups is 2. The van der Waals surface area contributed by atoms with Crippen LogP contribution in [-0.4, -0.2) is 18.4 Å². The molecule has 0 radical (unpaired) electrons. The molecule has 0 atom stereocenters. The summed E-state index contributed by atoms with van der Waals surface area (Å²) in [5.41, 5.74) is 6.79. The quantitative estimate of drug-likeness (QED) is 0.872. The zero-order valence-electron chi connectivity index (χ0n) is 10.4. The Labute approximate surface area is 109 Å². The molecule has 18 heavy (non-hydrogen) atoms. The fourth-order valence-corrected chi connectivity index (χ4v) is 3.03. The van der Waals surface area contributed by atoms with E-state index in [9.17, 15) is 9.59 Å². The highest BCUT2D eigenvalue weighted by atomic mass is 32.1. The monoisotopic (exact) mass is 268 g/mol. The molecule has 2 amide bonds. The van der Waals surface area contributed by atoms with E-state index in [1.807, 2.05) is 0 Å². The zero-order valence-corrected chi connectivity index (χ0v) is 11.2. The number of rotatable bonds is 3. The second kappa shape index (κ2) is 5.07. The smallest absolute Gasteiger partial charge is 0.251 e. The maximum atomic E-state index is 11.7. The Morgan fingerprint density at radius 1 is 1.44 bits per heavy atom. The fourth-order valence-electron chi connectivity index (χ4n) is 1.84. The van der Waals surface area contributed by atoms with Gasteiger partial charge in [0.15, 0.2) is 0 Å². The van der Waals surface area contributed by atoms with Gasteiger partial charge in [0.05, 0.1) is 18.8 Å². The normalized spacial score (nSPS) is 14.4. The third-order valence-electron chi connectivity index (χ3n) is 2.83. The van der Waals surface area contributed by atoms with Gasteiger partial charge in [-0.2, -0.15) is 0 Å². The van der Waals surface area contributed by atoms with Crippen LogP contribution in [0.25, 0.3) is 0 Å². The van der Waals surface area contributed by atoms with Gasteiger partial charge in [0.25, 0.3) is 5.91 Å². The molecule has 1 aliphatic heterocycles. The molecule has 0 fully saturated rings. The van der Waals surface area contributed by atoms with E-state index in [0.29, 0.717) is 30.2 Å². The van der Waals surface area contributed by atoms with Crippen LogP contribution >= 0.6 is 11.3 Å². The van der Waals surface area contributed by atoms with Gasteiger partial charge in [-0.1, -0.05) is 13.8 Å². The summed E-state index contributed by atoms with van der Waals surface area (Å²) in [5, 5.41) is 3.32. The minimum atomic E-state index is -0.492. The molecule has 1 aliphatic rings. The van der Waals surface area contributed by atoms with E-state index in [0.717, 1.165) is 10.4 Å². The highest BCUT2D eigenvalue weighted by Gasteiger charge is 2.25. The standard InChI is InChI=1S/C12H16N2O3S/c1-6(2)11(16)14-12-9(10(13)15)7-3-4-17-5-8(7)18-12/h6H,3-5H2,1-2H3,(H2,13,15)(H,14,16). The van der Waals surface area contributed by atoms with Gasteiger partial charge < -0.3 is 15.8 Å². The van der Waals surface area contributed by atoms with E-state index in [2.05, 4.69) is 5.32 Å². The van der Waals surface area contributed by atoms with Gasteiger partial charge in [-0.15, -0.1) is 11.3 Å². The summed E-state index contributed by atoms with van der Waals surface area (Å²) in [7, 11) is 0. The van der Waals surface area contributed by atoms with Gasteiger partial charge >= 0.3 is 0 Å². The van der Waals surface area contributed by atoms with Crippen LogP contribution in [0, 0.1) is 5.92 Å². The summed E-state index contributed by atoms with van der Waals surface area (Å²) < 4.78 is 5.34. The van der Waals surface area contributed by atoms with Crippen LogP contribution in [0.1, 0.15) is 34.6 Å². The number of thiophene rings is 1. The molecule has 2 heterocycles. The first kappa shape index (κ1) is 13.0. The molecule has 1 aromatic heterocycles. The van der Waals surface area contributed by atoms with E-state index < -0.39 is 5.91 Å². The van der Waals surface area contributed by atoms with Gasteiger partial charge in [-0.25, -0.2) is 0 Å². The summed E-state index contributed by atoms with van der Waals surface area (Å²) >= 11 is 1.38. The lowest BCUT2D eigenvalue weighted by molar-refractivity contribution is -0.118. The van der Waals surface area contributed by atoms with E-state index in [-0.39, 0.29) is 11.8 Å². The maximum Gasteiger partial charge on any atom is 0.251 e. The molecule has 0 bridgehead atoms. The molecule has 0 aliphatic carbocycles. The Balaban J connectivity index is 2.37. The van der Waals surface area contributed by atoms with E-state index >= 15 is 0 Å². The van der Waals surface area contributed by atoms with E-state index in [1.54, 1.807) is 13.8 Å². The Kier molecular flexibility index (Phi) is 3.68. The van der Waals surface area contributed by atoms with Gasteiger partial charge in [0, 0.05) is 10.8 Å². The van der Waals surface area contributed by atoms with Crippen LogP contribution < -0.4 is 11.1 Å². The largest absolute Gasteiger partial charge is 0.376 e. The number of amides is 2. The first-order valence-corrected chi connectivity index (χ1v) is 6.65. The molecule has 0 saturated heterocycles. The van der Waals surface area contributed by atoms with Crippen molar-refractivity contribution in [3.8, 4) is 0 Å². The number of ether oxygens (including phenoxy) is 1. The lowest BCUT2D eigenvalue weighted by atomic mass is 10.1. The molecular formula is C12H16N2O3S. The summed E-state index contributed by atoms with van der Waals surface area (Å²) in [6.45, 7) is 4.67. The molecule has 3 N–H and O–H groups in total. The second-order valence-corrected chi connectivity index (χ2v) is 5.62. The predicted molar refractivity (Wildman–Crippen MR) is 69.7 cm³/mol. The van der Waals surface area contributed by atoms with Crippen LogP contribution in [0.15, 0.2) is 0 Å². The first-order valence-electron chi connectivity index (χ1n) is 5.83. The van der Waals surface area contributed by atoms with Gasteiger partial charge in [0.2, 0.25) is 5.91 Å². The van der Waals surface area contributed by atoms with Crippen molar-refractivity contribution in [1.29, 1.82) is 0 Å². The molecule has 0 saturated carbocycles. The third-order valence-corrected chi connectivity index (χ3v) is 3.95. The SMILES string of the molecule is CC(C)C(=O)Nc1sc2c(c1C(N)=O)CCOC2. The van der Waals surface area contributed by atoms with Gasteiger partial charge in [0.1, 0.15) is 5.00 Å². The molecule has 0 unspecified atom stereocenters. The summed E-state index contributed by atoms with van der Waals surface area (Å²) in [5.74, 6) is -0.744. The maximum absolute atomic E-state index is 11.7. The average molecular weight is 268 g/mol. The number of hydrogen-bond donors (Lipinski definition) is 2. The number of primary amides is 1. The number of nitrogens with two attached hydrogens (primary N) is 1. The Bertz CT molecular complexity index is 494. The second-order valence-electron chi connectivity index (χ2n) is 4.52. The van der Waals surface area contributed by atoms with Crippen molar-refractivity contribution >= 4 is 28.2 Å². The van der Waals surface area contributed by atoms with Crippen LogP contribution in [0.2, 0.25) is 0 Å². The highest BCUT2D eigenvalue weighted by molar-refractivity contribution is 7.17. The van der Waals surface area contributed by atoms with Crippen LogP contribution in [0.3, 0.4) is 0 Å². The molecule has 1 aromatic rings. The number of nitrogens with one attached hydrogen (secondary N) is 1. The molecule has 0 spiro atoms. The van der Waals surface area contributed by atoms with Crippen molar-refractivity contribution in [2.45, 2.75) is 26.9 Å². The van der Waals surface area contributed by atoms with E-state index in [1.165, 1.54) is 11.3 Å². The first-order chi connectivity index (χ1) is 8.50. The molecule has 6 heteroatoms. The predicted octanol–water partition coefficient (Wildman–Crippen LogP) is 1.51.